The van der Waals surface area contributed by atoms with Crippen LogP contribution in [0.4, 0.5) is 0 Å². The monoisotopic (exact) mass is 358 g/mol. The molecular weight excluding hydrogens is 340 g/mol. The first-order chi connectivity index (χ1) is 12.0. The number of imide groups is 1. The Hall–Kier alpha value is -2.53. The van der Waals surface area contributed by atoms with Crippen molar-refractivity contribution in [2.75, 3.05) is 39.5 Å². The minimum Gasteiger partial charge on any atom is -0.462 e. The van der Waals surface area contributed by atoms with Gasteiger partial charge >= 0.3 is 11.9 Å². The fraction of sp³-hybridized carbons (Fsp3) is 0.643. The fourth-order valence-corrected chi connectivity index (χ4v) is 1.59. The van der Waals surface area contributed by atoms with Gasteiger partial charge in [-0.1, -0.05) is 0 Å². The number of hydrogen-bond acceptors (Lipinski definition) is 9. The van der Waals surface area contributed by atoms with Crippen LogP contribution in [0.3, 0.4) is 0 Å². The van der Waals surface area contributed by atoms with Crippen molar-refractivity contribution in [3.8, 4) is 0 Å². The summed E-state index contributed by atoms with van der Waals surface area (Å²) in [6.07, 6.45) is -0.791. The van der Waals surface area contributed by atoms with Crippen LogP contribution in [0, 0.1) is 0 Å². The van der Waals surface area contributed by atoms with Crippen LogP contribution >= 0.6 is 0 Å². The van der Waals surface area contributed by atoms with Crippen molar-refractivity contribution in [2.24, 2.45) is 0 Å². The number of carbonyl (C=O) groups is 5. The lowest BCUT2D eigenvalue weighted by Gasteiger charge is -2.14. The largest absolute Gasteiger partial charge is 0.462 e. The number of rotatable bonds is 11. The summed E-state index contributed by atoms with van der Waals surface area (Å²) >= 11 is 0. The molecule has 2 saturated heterocycles. The predicted octanol–water partition coefficient (Wildman–Crippen LogP) is -2.64. The van der Waals surface area contributed by atoms with Gasteiger partial charge < -0.3 is 24.3 Å². The Labute approximate surface area is 142 Å². The highest BCUT2D eigenvalue weighted by Gasteiger charge is 2.26. The standard InChI is InChI=1S/C14H18N2O9/c17-8-16(3-14(21)25-7-10-5-23-10)12(19)1-11(18)15-2-13(20)24-6-9-4-22-9/h8-10H,1-7H2,(H,15,18). The number of carbonyl (C=O) groups excluding carboxylic acids is 5. The van der Waals surface area contributed by atoms with Crippen LogP contribution in [0.2, 0.25) is 0 Å². The van der Waals surface area contributed by atoms with E-state index in [4.69, 9.17) is 18.9 Å². The van der Waals surface area contributed by atoms with Gasteiger partial charge in [-0.2, -0.15) is 0 Å². The van der Waals surface area contributed by atoms with Crippen molar-refractivity contribution in [1.82, 2.24) is 10.2 Å². The van der Waals surface area contributed by atoms with Gasteiger partial charge in [0.25, 0.3) is 0 Å². The minimum absolute atomic E-state index is 0.0498. The normalized spacial score (nSPS) is 20.2. The van der Waals surface area contributed by atoms with E-state index in [9.17, 15) is 24.0 Å². The lowest BCUT2D eigenvalue weighted by Crippen LogP contribution is -2.39. The van der Waals surface area contributed by atoms with Crippen molar-refractivity contribution in [3.63, 3.8) is 0 Å². The molecule has 2 rings (SSSR count). The Morgan fingerprint density at radius 2 is 1.60 bits per heavy atom. The predicted molar refractivity (Wildman–Crippen MR) is 76.8 cm³/mol. The van der Waals surface area contributed by atoms with Gasteiger partial charge in [-0.05, 0) is 0 Å². The molecule has 2 atom stereocenters. The zero-order valence-electron chi connectivity index (χ0n) is 13.3. The van der Waals surface area contributed by atoms with E-state index in [1.165, 1.54) is 0 Å². The summed E-state index contributed by atoms with van der Waals surface area (Å²) in [5, 5.41) is 2.19. The van der Waals surface area contributed by atoms with E-state index in [2.05, 4.69) is 5.32 Å². The van der Waals surface area contributed by atoms with E-state index in [-0.39, 0.29) is 31.8 Å². The Morgan fingerprint density at radius 1 is 1.04 bits per heavy atom. The highest BCUT2D eigenvalue weighted by Crippen LogP contribution is 2.09. The fourth-order valence-electron chi connectivity index (χ4n) is 1.59. The summed E-state index contributed by atoms with van der Waals surface area (Å²) in [7, 11) is 0. The van der Waals surface area contributed by atoms with E-state index < -0.39 is 43.3 Å². The first-order valence-corrected chi connectivity index (χ1v) is 7.54. The number of esters is 2. The molecule has 25 heavy (non-hydrogen) atoms. The zero-order valence-corrected chi connectivity index (χ0v) is 13.3. The van der Waals surface area contributed by atoms with E-state index in [0.29, 0.717) is 18.1 Å². The third-order valence-corrected chi connectivity index (χ3v) is 3.15. The SMILES string of the molecule is O=CN(CC(=O)OCC1CO1)C(=O)CC(=O)NCC(=O)OCC1CO1. The Morgan fingerprint density at radius 3 is 2.12 bits per heavy atom. The second kappa shape index (κ2) is 9.08. The van der Waals surface area contributed by atoms with Crippen LogP contribution in [0.15, 0.2) is 0 Å². The highest BCUT2D eigenvalue weighted by molar-refractivity contribution is 6.02. The number of amides is 3. The third-order valence-electron chi connectivity index (χ3n) is 3.15. The summed E-state index contributed by atoms with van der Waals surface area (Å²) in [5.41, 5.74) is 0. The van der Waals surface area contributed by atoms with Crippen molar-refractivity contribution in [2.45, 2.75) is 18.6 Å². The van der Waals surface area contributed by atoms with Crippen LogP contribution in [-0.2, 0) is 42.9 Å². The number of nitrogens with zero attached hydrogens (tertiary/aromatic N) is 1. The molecular formula is C14H18N2O9. The van der Waals surface area contributed by atoms with Crippen molar-refractivity contribution >= 4 is 30.2 Å². The van der Waals surface area contributed by atoms with Gasteiger partial charge in [-0.15, -0.1) is 0 Å². The molecule has 2 unspecified atom stereocenters. The van der Waals surface area contributed by atoms with Crippen molar-refractivity contribution in [1.29, 1.82) is 0 Å². The third kappa shape index (κ3) is 7.72. The number of nitrogens with one attached hydrogen (secondary N) is 1. The van der Waals surface area contributed by atoms with Crippen molar-refractivity contribution in [3.05, 3.63) is 0 Å². The highest BCUT2D eigenvalue weighted by atomic mass is 16.6. The van der Waals surface area contributed by atoms with Crippen LogP contribution in [0.1, 0.15) is 6.42 Å². The second-order valence-corrected chi connectivity index (χ2v) is 5.36. The Bertz CT molecular complexity index is 542. The number of hydrogen-bond donors (Lipinski definition) is 1. The van der Waals surface area contributed by atoms with Crippen LogP contribution < -0.4 is 5.32 Å². The molecule has 0 aromatic carbocycles. The molecule has 11 heteroatoms. The topological polar surface area (TPSA) is 144 Å². The maximum Gasteiger partial charge on any atom is 0.326 e. The van der Waals surface area contributed by atoms with Crippen LogP contribution in [0.25, 0.3) is 0 Å². The summed E-state index contributed by atoms with van der Waals surface area (Å²) in [6.45, 7) is 0.176. The summed E-state index contributed by atoms with van der Waals surface area (Å²) in [5.74, 6) is -3.14. The van der Waals surface area contributed by atoms with E-state index in [0.717, 1.165) is 0 Å². The van der Waals surface area contributed by atoms with Crippen LogP contribution in [0.5, 0.6) is 0 Å². The Kier molecular flexibility index (Phi) is 6.83. The molecule has 0 radical (unpaired) electrons. The zero-order chi connectivity index (χ0) is 18.2. The molecule has 3 amide bonds. The maximum atomic E-state index is 11.8. The van der Waals surface area contributed by atoms with Gasteiger partial charge in [-0.3, -0.25) is 28.9 Å². The van der Waals surface area contributed by atoms with Gasteiger partial charge in [0, 0.05) is 0 Å². The number of epoxide rings is 2. The molecule has 1 N–H and O–H groups in total. The maximum absolute atomic E-state index is 11.8. The molecule has 0 aromatic rings. The lowest BCUT2D eigenvalue weighted by molar-refractivity contribution is -0.153. The van der Waals surface area contributed by atoms with Crippen LogP contribution in [-0.4, -0.2) is 86.8 Å². The molecule has 0 saturated carbocycles. The minimum atomic E-state index is -0.896. The second-order valence-electron chi connectivity index (χ2n) is 5.36. The van der Waals surface area contributed by atoms with Gasteiger partial charge in [0.05, 0.1) is 13.2 Å². The van der Waals surface area contributed by atoms with Gasteiger partial charge in [0.2, 0.25) is 18.2 Å². The van der Waals surface area contributed by atoms with Gasteiger partial charge in [0.15, 0.2) is 0 Å². The first-order valence-electron chi connectivity index (χ1n) is 7.54. The molecule has 11 nitrogen and oxygen atoms in total. The molecule has 138 valence electrons. The van der Waals surface area contributed by atoms with Gasteiger partial charge in [-0.25, -0.2) is 0 Å². The summed E-state index contributed by atoms with van der Waals surface area (Å²) in [6, 6.07) is 0. The average molecular weight is 358 g/mol. The molecule has 0 aromatic heterocycles. The van der Waals surface area contributed by atoms with Crippen molar-refractivity contribution < 1.29 is 42.9 Å². The lowest BCUT2D eigenvalue weighted by atomic mass is 10.3. The molecule has 2 aliphatic heterocycles. The Balaban J connectivity index is 1.62. The molecule has 2 heterocycles. The first kappa shape index (κ1) is 18.8. The molecule has 2 aliphatic rings. The average Bonchev–Trinajstić information content (AvgIpc) is 3.47. The molecule has 2 fully saturated rings. The molecule has 0 bridgehead atoms. The quantitative estimate of drug-likeness (QED) is 0.181. The summed E-state index contributed by atoms with van der Waals surface area (Å²) in [4.78, 5) is 57.6. The summed E-state index contributed by atoms with van der Waals surface area (Å²) < 4.78 is 19.3. The van der Waals surface area contributed by atoms with E-state index >= 15 is 0 Å². The number of ether oxygens (including phenoxy) is 4. The van der Waals surface area contributed by atoms with E-state index in [1.807, 2.05) is 0 Å². The van der Waals surface area contributed by atoms with Gasteiger partial charge in [0.1, 0.15) is 44.9 Å². The molecule has 0 spiro atoms. The molecule has 0 aliphatic carbocycles. The smallest absolute Gasteiger partial charge is 0.326 e. The van der Waals surface area contributed by atoms with E-state index in [1.54, 1.807) is 0 Å².